The molecule has 0 radical (unpaired) electrons. The molecule has 1 unspecified atom stereocenters. The van der Waals surface area contributed by atoms with Gasteiger partial charge in [0.15, 0.2) is 0 Å². The minimum absolute atomic E-state index is 0.394. The zero-order chi connectivity index (χ0) is 16.1. The van der Waals surface area contributed by atoms with Crippen molar-refractivity contribution in [3.05, 3.63) is 29.8 Å². The molecule has 0 aromatic heterocycles. The van der Waals surface area contributed by atoms with Gasteiger partial charge in [-0.2, -0.15) is 0 Å². The van der Waals surface area contributed by atoms with Crippen LogP contribution in [-0.4, -0.2) is 5.11 Å². The molecule has 1 aromatic carbocycles. The van der Waals surface area contributed by atoms with Crippen LogP contribution >= 0.6 is 0 Å². The SMILES string of the molecule is CCCCCCC1CC[C@@H]2C[C@H](c3ccc(O)cc3)CC[C@@H]2C1. The highest BCUT2D eigenvalue weighted by Gasteiger charge is 2.35. The van der Waals surface area contributed by atoms with Crippen molar-refractivity contribution in [2.45, 2.75) is 83.5 Å². The van der Waals surface area contributed by atoms with Crippen molar-refractivity contribution >= 4 is 0 Å². The number of benzene rings is 1. The predicted molar refractivity (Wildman–Crippen MR) is 97.8 cm³/mol. The van der Waals surface area contributed by atoms with Gasteiger partial charge in [-0.1, -0.05) is 57.6 Å². The summed E-state index contributed by atoms with van der Waals surface area (Å²) in [7, 11) is 0. The van der Waals surface area contributed by atoms with Crippen LogP contribution in [0.25, 0.3) is 0 Å². The van der Waals surface area contributed by atoms with E-state index in [9.17, 15) is 5.11 Å². The van der Waals surface area contributed by atoms with Crippen LogP contribution in [0.2, 0.25) is 0 Å². The molecular weight excluding hydrogens is 280 g/mol. The van der Waals surface area contributed by atoms with Crippen LogP contribution < -0.4 is 0 Å². The Bertz CT molecular complexity index is 463. The molecule has 2 fully saturated rings. The molecule has 0 amide bonds. The van der Waals surface area contributed by atoms with Gasteiger partial charge in [0.2, 0.25) is 0 Å². The summed E-state index contributed by atoms with van der Waals surface area (Å²) >= 11 is 0. The van der Waals surface area contributed by atoms with Crippen molar-refractivity contribution < 1.29 is 5.11 Å². The van der Waals surface area contributed by atoms with Gasteiger partial charge in [-0.3, -0.25) is 0 Å². The molecule has 1 N–H and O–H groups in total. The maximum absolute atomic E-state index is 9.48. The minimum Gasteiger partial charge on any atom is -0.508 e. The van der Waals surface area contributed by atoms with Crippen molar-refractivity contribution in [1.29, 1.82) is 0 Å². The molecule has 4 atom stereocenters. The highest BCUT2D eigenvalue weighted by molar-refractivity contribution is 5.28. The average molecular weight is 315 g/mol. The molecule has 0 saturated heterocycles. The fourth-order valence-electron chi connectivity index (χ4n) is 5.16. The van der Waals surface area contributed by atoms with E-state index in [1.807, 2.05) is 12.1 Å². The van der Waals surface area contributed by atoms with E-state index < -0.39 is 0 Å². The predicted octanol–water partition coefficient (Wildman–Crippen LogP) is 6.66. The van der Waals surface area contributed by atoms with E-state index in [-0.39, 0.29) is 0 Å². The van der Waals surface area contributed by atoms with Crippen LogP contribution in [0.15, 0.2) is 24.3 Å². The number of phenols is 1. The molecule has 0 aliphatic heterocycles. The number of hydrogen-bond acceptors (Lipinski definition) is 1. The van der Waals surface area contributed by atoms with Crippen LogP contribution in [0.4, 0.5) is 0 Å². The zero-order valence-corrected chi connectivity index (χ0v) is 14.8. The largest absolute Gasteiger partial charge is 0.508 e. The third kappa shape index (κ3) is 4.52. The van der Waals surface area contributed by atoms with Crippen LogP contribution in [0.3, 0.4) is 0 Å². The van der Waals surface area contributed by atoms with Gasteiger partial charge in [0.1, 0.15) is 5.75 Å². The highest BCUT2D eigenvalue weighted by atomic mass is 16.3. The van der Waals surface area contributed by atoms with E-state index >= 15 is 0 Å². The third-order valence-corrected chi connectivity index (χ3v) is 6.55. The second-order valence-electron chi connectivity index (χ2n) is 8.15. The van der Waals surface area contributed by atoms with Crippen LogP contribution in [0.1, 0.15) is 89.0 Å². The molecule has 3 rings (SSSR count). The first-order chi connectivity index (χ1) is 11.3. The lowest BCUT2D eigenvalue weighted by Gasteiger charge is -2.42. The Morgan fingerprint density at radius 1 is 0.870 bits per heavy atom. The van der Waals surface area contributed by atoms with Crippen LogP contribution in [-0.2, 0) is 0 Å². The monoisotopic (exact) mass is 314 g/mol. The first kappa shape index (κ1) is 16.9. The van der Waals surface area contributed by atoms with Crippen molar-refractivity contribution in [3.63, 3.8) is 0 Å². The molecule has 0 spiro atoms. The molecule has 128 valence electrons. The quantitative estimate of drug-likeness (QED) is 0.582. The molecule has 0 bridgehead atoms. The summed E-state index contributed by atoms with van der Waals surface area (Å²) in [6, 6.07) is 7.99. The molecule has 23 heavy (non-hydrogen) atoms. The molecular formula is C22H34O. The van der Waals surface area contributed by atoms with Gasteiger partial charge in [-0.25, -0.2) is 0 Å². The Kier molecular flexibility index (Phi) is 6.02. The Hall–Kier alpha value is -0.980. The molecule has 0 heterocycles. The normalized spacial score (nSPS) is 30.8. The Labute approximate surface area is 142 Å². The van der Waals surface area contributed by atoms with Crippen molar-refractivity contribution in [2.75, 3.05) is 0 Å². The van der Waals surface area contributed by atoms with Gasteiger partial charge in [0.05, 0.1) is 0 Å². The second-order valence-corrected chi connectivity index (χ2v) is 8.15. The zero-order valence-electron chi connectivity index (χ0n) is 14.8. The number of phenolic OH excluding ortho intramolecular Hbond substituents is 1. The van der Waals surface area contributed by atoms with E-state index in [0.29, 0.717) is 5.75 Å². The summed E-state index contributed by atoms with van der Waals surface area (Å²) in [6.07, 6.45) is 15.8. The summed E-state index contributed by atoms with van der Waals surface area (Å²) < 4.78 is 0. The lowest BCUT2D eigenvalue weighted by Crippen LogP contribution is -2.30. The second kappa shape index (κ2) is 8.22. The first-order valence-electron chi connectivity index (χ1n) is 10.0. The summed E-state index contributed by atoms with van der Waals surface area (Å²) in [5.41, 5.74) is 1.45. The number of fused-ring (bicyclic) bond motifs is 1. The van der Waals surface area contributed by atoms with Crippen molar-refractivity contribution in [1.82, 2.24) is 0 Å². The Morgan fingerprint density at radius 2 is 1.61 bits per heavy atom. The van der Waals surface area contributed by atoms with E-state index in [0.717, 1.165) is 23.7 Å². The van der Waals surface area contributed by atoms with E-state index in [4.69, 9.17) is 0 Å². The standard InChI is InChI=1S/C22H34O/c1-2-3-4-5-6-17-7-8-21-16-20(10-9-19(21)15-17)18-11-13-22(23)14-12-18/h11-14,17,19-21,23H,2-10,15-16H2,1H3/t17?,19-,20-,21-/m1/s1. The molecule has 2 aliphatic carbocycles. The topological polar surface area (TPSA) is 20.2 Å². The number of unbranched alkanes of at least 4 members (excludes halogenated alkanes) is 3. The molecule has 2 aliphatic rings. The lowest BCUT2D eigenvalue weighted by molar-refractivity contribution is 0.113. The highest BCUT2D eigenvalue weighted by Crippen LogP contribution is 2.48. The van der Waals surface area contributed by atoms with Crippen molar-refractivity contribution in [2.24, 2.45) is 17.8 Å². The Balaban J connectivity index is 1.47. The lowest BCUT2D eigenvalue weighted by atomic mass is 9.63. The smallest absolute Gasteiger partial charge is 0.115 e. The van der Waals surface area contributed by atoms with Crippen LogP contribution in [0, 0.1) is 17.8 Å². The maximum atomic E-state index is 9.48. The van der Waals surface area contributed by atoms with Gasteiger partial charge < -0.3 is 5.11 Å². The van der Waals surface area contributed by atoms with Gasteiger partial charge in [-0.05, 0) is 73.5 Å². The third-order valence-electron chi connectivity index (χ3n) is 6.55. The molecule has 1 aromatic rings. The summed E-state index contributed by atoms with van der Waals surface area (Å²) in [6.45, 7) is 2.30. The number of aromatic hydroxyl groups is 1. The fraction of sp³-hybridized carbons (Fsp3) is 0.727. The number of rotatable bonds is 6. The summed E-state index contributed by atoms with van der Waals surface area (Å²) in [5.74, 6) is 4.13. The minimum atomic E-state index is 0.394. The molecule has 1 heteroatoms. The van der Waals surface area contributed by atoms with E-state index in [2.05, 4.69) is 19.1 Å². The van der Waals surface area contributed by atoms with Crippen molar-refractivity contribution in [3.8, 4) is 5.75 Å². The maximum Gasteiger partial charge on any atom is 0.115 e. The molecule has 2 saturated carbocycles. The van der Waals surface area contributed by atoms with Gasteiger partial charge in [0, 0.05) is 0 Å². The van der Waals surface area contributed by atoms with E-state index in [1.165, 1.54) is 76.2 Å². The summed E-state index contributed by atoms with van der Waals surface area (Å²) in [5, 5.41) is 9.48. The van der Waals surface area contributed by atoms with Gasteiger partial charge >= 0.3 is 0 Å². The van der Waals surface area contributed by atoms with Crippen LogP contribution in [0.5, 0.6) is 5.75 Å². The molecule has 1 nitrogen and oxygen atoms in total. The Morgan fingerprint density at radius 3 is 2.39 bits per heavy atom. The van der Waals surface area contributed by atoms with E-state index in [1.54, 1.807) is 0 Å². The first-order valence-corrected chi connectivity index (χ1v) is 10.0. The summed E-state index contributed by atoms with van der Waals surface area (Å²) in [4.78, 5) is 0. The average Bonchev–Trinajstić information content (AvgIpc) is 2.59. The fourth-order valence-corrected chi connectivity index (χ4v) is 5.16. The van der Waals surface area contributed by atoms with Gasteiger partial charge in [0.25, 0.3) is 0 Å². The van der Waals surface area contributed by atoms with Gasteiger partial charge in [-0.15, -0.1) is 0 Å². The number of hydrogen-bond donors (Lipinski definition) is 1.